The van der Waals surface area contributed by atoms with Gasteiger partial charge in [-0.05, 0) is 48.9 Å². The van der Waals surface area contributed by atoms with Gasteiger partial charge in [0, 0.05) is 5.69 Å². The highest BCUT2D eigenvalue weighted by Crippen LogP contribution is 2.13. The topological polar surface area (TPSA) is 87.4 Å². The number of nitrogens with two attached hydrogens (primary N) is 1. The van der Waals surface area contributed by atoms with E-state index in [2.05, 4.69) is 10.2 Å². The fourth-order valence-corrected chi connectivity index (χ4v) is 2.19. The zero-order chi connectivity index (χ0) is 17.1. The normalized spacial score (nSPS) is 11.1. The number of nitrogens with zero attached hydrogens (tertiary/aromatic N) is 4. The van der Waals surface area contributed by atoms with Crippen molar-refractivity contribution in [3.8, 4) is 11.4 Å². The molecule has 24 heavy (non-hydrogen) atoms. The van der Waals surface area contributed by atoms with Gasteiger partial charge < -0.3 is 10.5 Å². The lowest BCUT2D eigenvalue weighted by Gasteiger charge is -2.01. The van der Waals surface area contributed by atoms with E-state index in [1.54, 1.807) is 56.6 Å². The number of rotatable bonds is 4. The van der Waals surface area contributed by atoms with Crippen LogP contribution >= 0.6 is 0 Å². The Hall–Kier alpha value is -3.35. The molecule has 0 saturated heterocycles. The molecule has 0 saturated carbocycles. The number of nitrogen functional groups attached to an aromatic ring is 1. The number of benzene rings is 2. The number of ether oxygens (including phenoxy) is 1. The maximum absolute atomic E-state index is 12.5. The molecule has 2 N–H and O–H groups in total. The SMILES string of the molecule is COc1ccc(-n2nc(C)n(/N=C/c3ccc(N)cc3)c2=O)cc1. The molecule has 2 aromatic carbocycles. The van der Waals surface area contributed by atoms with Crippen LogP contribution in [-0.2, 0) is 0 Å². The van der Waals surface area contributed by atoms with Crippen LogP contribution in [0.3, 0.4) is 0 Å². The van der Waals surface area contributed by atoms with Crippen molar-refractivity contribution in [2.45, 2.75) is 6.92 Å². The summed E-state index contributed by atoms with van der Waals surface area (Å²) in [7, 11) is 1.59. The van der Waals surface area contributed by atoms with Crippen LogP contribution in [0.5, 0.6) is 5.75 Å². The molecule has 0 radical (unpaired) electrons. The molecule has 3 aromatic rings. The first-order chi connectivity index (χ1) is 11.6. The van der Waals surface area contributed by atoms with Gasteiger partial charge in [0.1, 0.15) is 5.75 Å². The Balaban J connectivity index is 1.94. The molecule has 1 heterocycles. The molecule has 1 aromatic heterocycles. The third-order valence-electron chi connectivity index (χ3n) is 3.49. The summed E-state index contributed by atoms with van der Waals surface area (Å²) in [4.78, 5) is 12.5. The van der Waals surface area contributed by atoms with E-state index in [4.69, 9.17) is 10.5 Å². The number of anilines is 1. The highest BCUT2D eigenvalue weighted by atomic mass is 16.5. The van der Waals surface area contributed by atoms with Gasteiger partial charge in [-0.1, -0.05) is 12.1 Å². The van der Waals surface area contributed by atoms with Crippen molar-refractivity contribution in [3.63, 3.8) is 0 Å². The third kappa shape index (κ3) is 3.05. The number of aromatic nitrogens is 3. The van der Waals surface area contributed by atoms with Gasteiger partial charge >= 0.3 is 5.69 Å². The minimum Gasteiger partial charge on any atom is -0.497 e. The van der Waals surface area contributed by atoms with Gasteiger partial charge in [0.2, 0.25) is 0 Å². The summed E-state index contributed by atoms with van der Waals surface area (Å²) in [5.41, 5.74) is 7.46. The lowest BCUT2D eigenvalue weighted by Crippen LogP contribution is -2.21. The second-order valence-electron chi connectivity index (χ2n) is 5.16. The Morgan fingerprint density at radius 1 is 1.12 bits per heavy atom. The number of hydrogen-bond donors (Lipinski definition) is 1. The van der Waals surface area contributed by atoms with E-state index in [0.29, 0.717) is 22.9 Å². The van der Waals surface area contributed by atoms with Crippen molar-refractivity contribution >= 4 is 11.9 Å². The zero-order valence-corrected chi connectivity index (χ0v) is 13.4. The predicted octanol–water partition coefficient (Wildman–Crippen LogP) is 1.82. The minimum atomic E-state index is -0.343. The monoisotopic (exact) mass is 323 g/mol. The summed E-state index contributed by atoms with van der Waals surface area (Å²) in [6.45, 7) is 1.72. The molecule has 0 aliphatic rings. The Kier molecular flexibility index (Phi) is 4.15. The van der Waals surface area contributed by atoms with E-state index >= 15 is 0 Å². The Morgan fingerprint density at radius 2 is 1.79 bits per heavy atom. The second-order valence-corrected chi connectivity index (χ2v) is 5.16. The van der Waals surface area contributed by atoms with Crippen molar-refractivity contribution in [2.75, 3.05) is 12.8 Å². The second kappa shape index (κ2) is 6.41. The molecular weight excluding hydrogens is 306 g/mol. The Bertz CT molecular complexity index is 921. The highest BCUT2D eigenvalue weighted by Gasteiger charge is 2.10. The average Bonchev–Trinajstić information content (AvgIpc) is 2.89. The summed E-state index contributed by atoms with van der Waals surface area (Å²) in [5, 5.41) is 8.47. The van der Waals surface area contributed by atoms with Crippen molar-refractivity contribution in [1.29, 1.82) is 0 Å². The summed E-state index contributed by atoms with van der Waals surface area (Å²) >= 11 is 0. The van der Waals surface area contributed by atoms with Gasteiger partial charge in [-0.2, -0.15) is 14.5 Å². The molecule has 0 fully saturated rings. The fourth-order valence-electron chi connectivity index (χ4n) is 2.19. The standard InChI is InChI=1S/C17H17N5O2/c1-12-20-22(15-7-9-16(24-2)10-8-15)17(23)21(12)19-11-13-3-5-14(18)6-4-13/h3-11H,18H2,1-2H3/b19-11+. The van der Waals surface area contributed by atoms with Crippen LogP contribution in [0, 0.1) is 6.92 Å². The summed E-state index contributed by atoms with van der Waals surface area (Å²) < 4.78 is 7.67. The zero-order valence-electron chi connectivity index (χ0n) is 13.4. The van der Waals surface area contributed by atoms with Crippen LogP contribution in [0.1, 0.15) is 11.4 Å². The first kappa shape index (κ1) is 15.5. The Morgan fingerprint density at radius 3 is 2.42 bits per heavy atom. The van der Waals surface area contributed by atoms with Crippen molar-refractivity contribution in [3.05, 3.63) is 70.4 Å². The summed E-state index contributed by atoms with van der Waals surface area (Å²) in [6, 6.07) is 14.3. The summed E-state index contributed by atoms with van der Waals surface area (Å²) in [5.74, 6) is 1.20. The van der Waals surface area contributed by atoms with Gasteiger partial charge in [0.15, 0.2) is 5.82 Å². The molecular formula is C17H17N5O2. The Labute approximate surface area is 138 Å². The molecule has 122 valence electrons. The maximum Gasteiger partial charge on any atom is 0.371 e. The fraction of sp³-hybridized carbons (Fsp3) is 0.118. The van der Waals surface area contributed by atoms with Gasteiger partial charge in [0.25, 0.3) is 0 Å². The number of methoxy groups -OCH3 is 1. The molecule has 0 spiro atoms. The van der Waals surface area contributed by atoms with Crippen LogP contribution in [0.4, 0.5) is 5.69 Å². The van der Waals surface area contributed by atoms with E-state index in [0.717, 1.165) is 5.56 Å². The smallest absolute Gasteiger partial charge is 0.371 e. The number of hydrogen-bond acceptors (Lipinski definition) is 5. The van der Waals surface area contributed by atoms with E-state index < -0.39 is 0 Å². The molecule has 3 rings (SSSR count). The average molecular weight is 323 g/mol. The molecule has 0 bridgehead atoms. The maximum atomic E-state index is 12.5. The van der Waals surface area contributed by atoms with E-state index in [1.807, 2.05) is 12.1 Å². The van der Waals surface area contributed by atoms with Gasteiger partial charge in [0.05, 0.1) is 19.0 Å². The van der Waals surface area contributed by atoms with Gasteiger partial charge in [-0.25, -0.2) is 4.79 Å². The van der Waals surface area contributed by atoms with Crippen LogP contribution in [0.2, 0.25) is 0 Å². The first-order valence-electron chi connectivity index (χ1n) is 7.31. The molecule has 7 nitrogen and oxygen atoms in total. The van der Waals surface area contributed by atoms with Crippen LogP contribution in [0.15, 0.2) is 58.4 Å². The van der Waals surface area contributed by atoms with Crippen molar-refractivity contribution in [2.24, 2.45) is 5.10 Å². The minimum absolute atomic E-state index is 0.343. The quantitative estimate of drug-likeness (QED) is 0.586. The van der Waals surface area contributed by atoms with E-state index in [-0.39, 0.29) is 5.69 Å². The van der Waals surface area contributed by atoms with E-state index in [9.17, 15) is 4.79 Å². The summed E-state index contributed by atoms with van der Waals surface area (Å²) in [6.07, 6.45) is 1.59. The van der Waals surface area contributed by atoms with Crippen LogP contribution in [-0.4, -0.2) is 27.8 Å². The molecule has 0 aliphatic heterocycles. The van der Waals surface area contributed by atoms with Gasteiger partial charge in [-0.3, -0.25) is 0 Å². The molecule has 7 heteroatoms. The lowest BCUT2D eigenvalue weighted by molar-refractivity contribution is 0.414. The van der Waals surface area contributed by atoms with Crippen LogP contribution < -0.4 is 16.2 Å². The van der Waals surface area contributed by atoms with Gasteiger partial charge in [-0.15, -0.1) is 5.10 Å². The van der Waals surface area contributed by atoms with Crippen molar-refractivity contribution < 1.29 is 4.74 Å². The third-order valence-corrected chi connectivity index (χ3v) is 3.49. The predicted molar refractivity (Wildman–Crippen MR) is 93.0 cm³/mol. The highest BCUT2D eigenvalue weighted by molar-refractivity contribution is 5.80. The molecule has 0 aliphatic carbocycles. The first-order valence-corrected chi connectivity index (χ1v) is 7.31. The number of aryl methyl sites for hydroxylation is 1. The van der Waals surface area contributed by atoms with Crippen molar-refractivity contribution in [1.82, 2.24) is 14.5 Å². The molecule has 0 unspecified atom stereocenters. The van der Waals surface area contributed by atoms with E-state index in [1.165, 1.54) is 9.36 Å². The van der Waals surface area contributed by atoms with Crippen LogP contribution in [0.25, 0.3) is 5.69 Å². The lowest BCUT2D eigenvalue weighted by atomic mass is 10.2. The molecule has 0 atom stereocenters. The largest absolute Gasteiger partial charge is 0.497 e. The molecule has 0 amide bonds.